The van der Waals surface area contributed by atoms with Gasteiger partial charge in [-0.25, -0.2) is 8.42 Å². The van der Waals surface area contributed by atoms with Crippen LogP contribution < -0.4 is 0 Å². The summed E-state index contributed by atoms with van der Waals surface area (Å²) in [5, 5.41) is 9.50. The van der Waals surface area contributed by atoms with Crippen molar-refractivity contribution in [3.05, 3.63) is 28.2 Å². The van der Waals surface area contributed by atoms with Crippen molar-refractivity contribution in [1.29, 1.82) is 0 Å². The summed E-state index contributed by atoms with van der Waals surface area (Å²) in [7, 11) is -3.60. The Kier molecular flexibility index (Phi) is 5.14. The highest BCUT2D eigenvalue weighted by Crippen LogP contribution is 2.26. The van der Waals surface area contributed by atoms with Crippen molar-refractivity contribution in [3.8, 4) is 0 Å². The third-order valence-corrected chi connectivity index (χ3v) is 5.93. The normalized spacial score (nSPS) is 19.8. The summed E-state index contributed by atoms with van der Waals surface area (Å²) in [4.78, 5) is 12.7. The molecule has 5 nitrogen and oxygen atoms in total. The van der Waals surface area contributed by atoms with E-state index >= 15 is 0 Å². The lowest BCUT2D eigenvalue weighted by molar-refractivity contribution is -0.142. The molecule has 1 aliphatic heterocycles. The number of carboxylic acids is 1. The maximum Gasteiger partial charge on any atom is 0.320 e. The number of halogens is 2. The fourth-order valence-electron chi connectivity index (χ4n) is 2.44. The first-order chi connectivity index (χ1) is 9.81. The van der Waals surface area contributed by atoms with Crippen LogP contribution in [0.4, 0.5) is 0 Å². The molecule has 1 heterocycles. The molecule has 0 bridgehead atoms. The Morgan fingerprint density at radius 3 is 2.76 bits per heavy atom. The van der Waals surface area contributed by atoms with Gasteiger partial charge in [0.05, 0.1) is 15.7 Å². The molecule has 1 N–H and O–H groups in total. The molecule has 0 radical (unpaired) electrons. The van der Waals surface area contributed by atoms with Gasteiger partial charge in [0, 0.05) is 11.6 Å². The van der Waals surface area contributed by atoms with Gasteiger partial charge in [0.15, 0.2) is 9.84 Å². The molecule has 0 unspecified atom stereocenters. The maximum atomic E-state index is 12.3. The van der Waals surface area contributed by atoms with E-state index in [1.54, 1.807) is 4.90 Å². The summed E-state index contributed by atoms with van der Waals surface area (Å²) in [5.41, 5.74) is 0. The van der Waals surface area contributed by atoms with E-state index in [1.807, 2.05) is 0 Å². The number of benzene rings is 1. The van der Waals surface area contributed by atoms with Crippen molar-refractivity contribution in [2.75, 3.05) is 18.8 Å². The van der Waals surface area contributed by atoms with Crippen LogP contribution in [0.1, 0.15) is 12.8 Å². The largest absolute Gasteiger partial charge is 0.480 e. The summed E-state index contributed by atoms with van der Waals surface area (Å²) in [5.74, 6) is -1.10. The van der Waals surface area contributed by atoms with Crippen LogP contribution >= 0.6 is 23.2 Å². The van der Waals surface area contributed by atoms with E-state index in [9.17, 15) is 13.2 Å². The predicted octanol–water partition coefficient (Wildman–Crippen LogP) is 2.32. The van der Waals surface area contributed by atoms with Gasteiger partial charge < -0.3 is 5.11 Å². The zero-order chi connectivity index (χ0) is 15.6. The van der Waals surface area contributed by atoms with Gasteiger partial charge in [-0.1, -0.05) is 23.2 Å². The highest BCUT2D eigenvalue weighted by Gasteiger charge is 2.31. The zero-order valence-electron chi connectivity index (χ0n) is 11.1. The summed E-state index contributed by atoms with van der Waals surface area (Å²) in [6, 6.07) is 3.67. The van der Waals surface area contributed by atoms with Gasteiger partial charge in [0.1, 0.15) is 6.04 Å². The van der Waals surface area contributed by atoms with Gasteiger partial charge in [-0.15, -0.1) is 0 Å². The smallest absolute Gasteiger partial charge is 0.320 e. The Morgan fingerprint density at radius 1 is 1.38 bits per heavy atom. The molecule has 0 aromatic heterocycles. The summed E-state index contributed by atoms with van der Waals surface area (Å²) >= 11 is 11.7. The van der Waals surface area contributed by atoms with Crippen molar-refractivity contribution in [3.63, 3.8) is 0 Å². The molecule has 1 fully saturated rings. The molecule has 21 heavy (non-hydrogen) atoms. The molecule has 1 aromatic carbocycles. The zero-order valence-corrected chi connectivity index (χ0v) is 13.5. The molecular weight excluding hydrogens is 337 g/mol. The van der Waals surface area contributed by atoms with Crippen LogP contribution in [-0.4, -0.2) is 49.3 Å². The number of hydrogen-bond acceptors (Lipinski definition) is 4. The Morgan fingerprint density at radius 2 is 2.10 bits per heavy atom. The number of carbonyl (C=O) groups is 1. The van der Waals surface area contributed by atoms with Gasteiger partial charge >= 0.3 is 5.97 Å². The lowest BCUT2D eigenvalue weighted by Gasteiger charge is -2.20. The van der Waals surface area contributed by atoms with E-state index in [-0.39, 0.29) is 22.2 Å². The van der Waals surface area contributed by atoms with Crippen LogP contribution in [0, 0.1) is 0 Å². The SMILES string of the molecule is O=C(O)[C@H]1CCCN1CCS(=O)(=O)c1cc(Cl)ccc1Cl. The van der Waals surface area contributed by atoms with Crippen molar-refractivity contribution < 1.29 is 18.3 Å². The number of sulfone groups is 1. The summed E-state index contributed by atoms with van der Waals surface area (Å²) in [6.07, 6.45) is 1.31. The molecule has 1 saturated heterocycles. The first kappa shape index (κ1) is 16.5. The van der Waals surface area contributed by atoms with Gasteiger partial charge in [-0.2, -0.15) is 0 Å². The number of carboxylic acid groups (broad SMARTS) is 1. The van der Waals surface area contributed by atoms with Gasteiger partial charge in [0.2, 0.25) is 0 Å². The molecule has 1 aromatic rings. The average Bonchev–Trinajstić information content (AvgIpc) is 2.88. The quantitative estimate of drug-likeness (QED) is 0.880. The maximum absolute atomic E-state index is 12.3. The number of likely N-dealkylation sites (tertiary alicyclic amines) is 1. The van der Waals surface area contributed by atoms with E-state index < -0.39 is 21.8 Å². The fourth-order valence-corrected chi connectivity index (χ4v) is 4.51. The minimum absolute atomic E-state index is 0.0114. The molecule has 2 rings (SSSR count). The fraction of sp³-hybridized carbons (Fsp3) is 0.462. The second-order valence-corrected chi connectivity index (χ2v) is 7.85. The van der Waals surface area contributed by atoms with Gasteiger partial charge in [-0.3, -0.25) is 9.69 Å². The lowest BCUT2D eigenvalue weighted by atomic mass is 10.2. The van der Waals surface area contributed by atoms with E-state index in [4.69, 9.17) is 28.3 Å². The molecule has 116 valence electrons. The van der Waals surface area contributed by atoms with Crippen LogP contribution in [0.3, 0.4) is 0 Å². The Bertz CT molecular complexity index is 648. The third-order valence-electron chi connectivity index (χ3n) is 3.52. The topological polar surface area (TPSA) is 74.7 Å². The molecule has 0 spiro atoms. The van der Waals surface area contributed by atoms with Crippen LogP contribution in [-0.2, 0) is 14.6 Å². The minimum atomic E-state index is -3.60. The van der Waals surface area contributed by atoms with E-state index in [2.05, 4.69) is 0 Å². The van der Waals surface area contributed by atoms with E-state index in [0.717, 1.165) is 6.42 Å². The molecule has 1 atom stereocenters. The lowest BCUT2D eigenvalue weighted by Crippen LogP contribution is -2.38. The highest BCUT2D eigenvalue weighted by atomic mass is 35.5. The summed E-state index contributed by atoms with van der Waals surface area (Å²) in [6.45, 7) is 0.762. The average molecular weight is 352 g/mol. The molecule has 0 amide bonds. The number of nitrogens with zero attached hydrogens (tertiary/aromatic N) is 1. The highest BCUT2D eigenvalue weighted by molar-refractivity contribution is 7.91. The predicted molar refractivity (Wildman–Crippen MR) is 80.7 cm³/mol. The van der Waals surface area contributed by atoms with Crippen molar-refractivity contribution >= 4 is 39.0 Å². The Hall–Kier alpha value is -0.820. The first-order valence-corrected chi connectivity index (χ1v) is 8.87. The van der Waals surface area contributed by atoms with E-state index in [1.165, 1.54) is 18.2 Å². The Labute approximate surface area is 133 Å². The minimum Gasteiger partial charge on any atom is -0.480 e. The molecule has 0 aliphatic carbocycles. The molecule has 0 saturated carbocycles. The standard InChI is InChI=1S/C13H15Cl2NO4S/c14-9-3-4-10(15)12(8-9)21(19,20)7-6-16-5-1-2-11(16)13(17)18/h3-4,8,11H,1-2,5-7H2,(H,17,18)/t11-/m1/s1. The van der Waals surface area contributed by atoms with Gasteiger partial charge in [-0.05, 0) is 37.6 Å². The second kappa shape index (κ2) is 6.52. The monoisotopic (exact) mass is 351 g/mol. The number of aliphatic carboxylic acids is 1. The Balaban J connectivity index is 2.11. The van der Waals surface area contributed by atoms with Gasteiger partial charge in [0.25, 0.3) is 0 Å². The number of hydrogen-bond donors (Lipinski definition) is 1. The van der Waals surface area contributed by atoms with E-state index in [0.29, 0.717) is 18.0 Å². The molecule has 1 aliphatic rings. The van der Waals surface area contributed by atoms with Crippen molar-refractivity contribution in [2.45, 2.75) is 23.8 Å². The second-order valence-electron chi connectivity index (χ2n) is 4.93. The number of rotatable bonds is 5. The molecule has 8 heteroatoms. The van der Waals surface area contributed by atoms with Crippen molar-refractivity contribution in [2.24, 2.45) is 0 Å². The summed E-state index contributed by atoms with van der Waals surface area (Å²) < 4.78 is 24.6. The van der Waals surface area contributed by atoms with Crippen LogP contribution in [0.25, 0.3) is 0 Å². The van der Waals surface area contributed by atoms with Crippen LogP contribution in [0.5, 0.6) is 0 Å². The first-order valence-electron chi connectivity index (χ1n) is 6.46. The molecular formula is C13H15Cl2NO4S. The van der Waals surface area contributed by atoms with Crippen LogP contribution in [0.15, 0.2) is 23.1 Å². The third kappa shape index (κ3) is 3.88. The van der Waals surface area contributed by atoms with Crippen molar-refractivity contribution in [1.82, 2.24) is 4.90 Å². The van der Waals surface area contributed by atoms with Crippen LogP contribution in [0.2, 0.25) is 10.0 Å².